The molecule has 0 aliphatic carbocycles. The van der Waals surface area contributed by atoms with Crippen LogP contribution in [0.2, 0.25) is 0 Å². The lowest BCUT2D eigenvalue weighted by Gasteiger charge is -1.97. The third kappa shape index (κ3) is 3.77. The molecule has 3 heteroatoms. The summed E-state index contributed by atoms with van der Waals surface area (Å²) in [5, 5.41) is -0.0858. The van der Waals surface area contributed by atoms with E-state index in [0.29, 0.717) is 0 Å². The molecule has 0 N–H and O–H groups in total. The molecule has 74 valence electrons. The van der Waals surface area contributed by atoms with E-state index in [1.807, 2.05) is 0 Å². The highest BCUT2D eigenvalue weighted by atomic mass is 79.9. The summed E-state index contributed by atoms with van der Waals surface area (Å²) in [5.74, 6) is 0. The van der Waals surface area contributed by atoms with Crippen molar-refractivity contribution in [3.63, 3.8) is 0 Å². The Labute approximate surface area is 91.3 Å². The average Bonchev–Trinajstić information content (AvgIpc) is 2.39. The summed E-state index contributed by atoms with van der Waals surface area (Å²) in [6.07, 6.45) is 5.95. The standard InChI is InChI=1S/C10H14BrFS/c1-2-3-4-5-6-8-7-9(12)13-10(8)11/h7H,2-6H2,1H3. The van der Waals surface area contributed by atoms with Crippen LogP contribution in [0.3, 0.4) is 0 Å². The van der Waals surface area contributed by atoms with Crippen molar-refractivity contribution in [2.45, 2.75) is 39.0 Å². The van der Waals surface area contributed by atoms with Crippen molar-refractivity contribution >= 4 is 27.3 Å². The average molecular weight is 265 g/mol. The van der Waals surface area contributed by atoms with E-state index in [0.717, 1.165) is 15.8 Å². The molecule has 0 amide bonds. The van der Waals surface area contributed by atoms with Crippen LogP contribution in [-0.2, 0) is 6.42 Å². The number of aryl methyl sites for hydroxylation is 1. The topological polar surface area (TPSA) is 0 Å². The summed E-state index contributed by atoms with van der Waals surface area (Å²) in [5.41, 5.74) is 1.12. The van der Waals surface area contributed by atoms with E-state index in [-0.39, 0.29) is 5.13 Å². The van der Waals surface area contributed by atoms with Gasteiger partial charge in [-0.2, -0.15) is 4.39 Å². The van der Waals surface area contributed by atoms with Gasteiger partial charge in [-0.1, -0.05) is 37.5 Å². The van der Waals surface area contributed by atoms with Gasteiger partial charge in [0.05, 0.1) is 3.79 Å². The predicted molar refractivity (Wildman–Crippen MR) is 59.8 cm³/mol. The molecule has 0 radical (unpaired) electrons. The summed E-state index contributed by atoms with van der Waals surface area (Å²) in [7, 11) is 0. The fourth-order valence-electron chi connectivity index (χ4n) is 1.29. The molecular formula is C10H14BrFS. The minimum Gasteiger partial charge on any atom is -0.195 e. The van der Waals surface area contributed by atoms with Gasteiger partial charge in [-0.15, -0.1) is 0 Å². The molecule has 13 heavy (non-hydrogen) atoms. The summed E-state index contributed by atoms with van der Waals surface area (Å²) < 4.78 is 13.7. The Morgan fingerprint density at radius 1 is 1.38 bits per heavy atom. The first-order valence-corrected chi connectivity index (χ1v) is 6.28. The zero-order valence-corrected chi connectivity index (χ0v) is 10.2. The van der Waals surface area contributed by atoms with Crippen LogP contribution in [0.15, 0.2) is 9.85 Å². The number of unbranched alkanes of at least 4 members (excludes halogenated alkanes) is 3. The molecule has 1 aromatic rings. The second kappa shape index (κ2) is 5.76. The van der Waals surface area contributed by atoms with E-state index in [1.54, 1.807) is 6.07 Å². The van der Waals surface area contributed by atoms with Gasteiger partial charge in [0.25, 0.3) is 0 Å². The summed E-state index contributed by atoms with van der Waals surface area (Å²) in [6.45, 7) is 2.19. The molecular weight excluding hydrogens is 251 g/mol. The number of halogens is 2. The highest BCUT2D eigenvalue weighted by Crippen LogP contribution is 2.28. The smallest absolute Gasteiger partial charge is 0.177 e. The molecule has 0 aliphatic heterocycles. The quantitative estimate of drug-likeness (QED) is 0.672. The Bertz CT molecular complexity index is 257. The summed E-state index contributed by atoms with van der Waals surface area (Å²) >= 11 is 4.55. The van der Waals surface area contributed by atoms with Crippen molar-refractivity contribution in [2.75, 3.05) is 0 Å². The molecule has 0 nitrogen and oxygen atoms in total. The van der Waals surface area contributed by atoms with Gasteiger partial charge in [0, 0.05) is 0 Å². The zero-order chi connectivity index (χ0) is 9.68. The molecule has 1 aromatic heterocycles. The molecule has 0 aromatic carbocycles. The molecule has 0 atom stereocenters. The van der Waals surface area contributed by atoms with E-state index in [4.69, 9.17) is 0 Å². The summed E-state index contributed by atoms with van der Waals surface area (Å²) in [4.78, 5) is 0. The lowest BCUT2D eigenvalue weighted by atomic mass is 10.1. The number of thiophene rings is 1. The predicted octanol–water partition coefficient (Wildman–Crippen LogP) is 4.77. The second-order valence-electron chi connectivity index (χ2n) is 3.16. The first-order valence-electron chi connectivity index (χ1n) is 4.67. The van der Waals surface area contributed by atoms with Crippen LogP contribution in [-0.4, -0.2) is 0 Å². The van der Waals surface area contributed by atoms with Crippen LogP contribution in [0.5, 0.6) is 0 Å². The zero-order valence-electron chi connectivity index (χ0n) is 7.78. The molecule has 0 saturated carbocycles. The highest BCUT2D eigenvalue weighted by molar-refractivity contribution is 9.11. The van der Waals surface area contributed by atoms with E-state index >= 15 is 0 Å². The lowest BCUT2D eigenvalue weighted by molar-refractivity contribution is 0.649. The monoisotopic (exact) mass is 264 g/mol. The highest BCUT2D eigenvalue weighted by Gasteiger charge is 2.05. The third-order valence-corrected chi connectivity index (χ3v) is 3.78. The Morgan fingerprint density at radius 3 is 2.69 bits per heavy atom. The molecule has 0 aliphatic rings. The fraction of sp³-hybridized carbons (Fsp3) is 0.600. The number of hydrogen-bond acceptors (Lipinski definition) is 1. The van der Waals surface area contributed by atoms with Gasteiger partial charge in [-0.05, 0) is 40.4 Å². The molecule has 0 spiro atoms. The largest absolute Gasteiger partial charge is 0.195 e. The van der Waals surface area contributed by atoms with Crippen molar-refractivity contribution in [3.8, 4) is 0 Å². The van der Waals surface area contributed by atoms with Gasteiger partial charge in [0.2, 0.25) is 0 Å². The van der Waals surface area contributed by atoms with Crippen molar-refractivity contribution in [1.29, 1.82) is 0 Å². The van der Waals surface area contributed by atoms with Gasteiger partial charge in [0.1, 0.15) is 0 Å². The maximum Gasteiger partial charge on any atom is 0.177 e. The van der Waals surface area contributed by atoms with Crippen LogP contribution >= 0.6 is 27.3 Å². The first kappa shape index (κ1) is 11.2. The maximum absolute atomic E-state index is 12.8. The minimum atomic E-state index is -0.0858. The van der Waals surface area contributed by atoms with E-state index in [9.17, 15) is 4.39 Å². The van der Waals surface area contributed by atoms with Crippen LogP contribution < -0.4 is 0 Å². The van der Waals surface area contributed by atoms with E-state index < -0.39 is 0 Å². The Balaban J connectivity index is 2.32. The first-order chi connectivity index (χ1) is 6.24. The molecule has 0 bridgehead atoms. The SMILES string of the molecule is CCCCCCc1cc(F)sc1Br. The Morgan fingerprint density at radius 2 is 2.15 bits per heavy atom. The lowest BCUT2D eigenvalue weighted by Crippen LogP contribution is -1.83. The number of hydrogen-bond donors (Lipinski definition) is 0. The Hall–Kier alpha value is 0.110. The third-order valence-electron chi connectivity index (χ3n) is 2.03. The molecule has 0 unspecified atom stereocenters. The van der Waals surface area contributed by atoms with Gasteiger partial charge in [-0.3, -0.25) is 0 Å². The second-order valence-corrected chi connectivity index (χ2v) is 5.48. The van der Waals surface area contributed by atoms with Gasteiger partial charge in [-0.25, -0.2) is 0 Å². The molecule has 1 rings (SSSR count). The van der Waals surface area contributed by atoms with Crippen LogP contribution in [0.4, 0.5) is 4.39 Å². The van der Waals surface area contributed by atoms with Crippen molar-refractivity contribution in [1.82, 2.24) is 0 Å². The summed E-state index contributed by atoms with van der Waals surface area (Å²) in [6, 6.07) is 1.64. The van der Waals surface area contributed by atoms with Gasteiger partial charge >= 0.3 is 0 Å². The fourth-order valence-corrected chi connectivity index (χ4v) is 2.73. The normalized spacial score (nSPS) is 10.7. The molecule has 0 saturated heterocycles. The van der Waals surface area contributed by atoms with E-state index in [2.05, 4.69) is 22.9 Å². The van der Waals surface area contributed by atoms with E-state index in [1.165, 1.54) is 37.0 Å². The maximum atomic E-state index is 12.8. The van der Waals surface area contributed by atoms with Crippen molar-refractivity contribution < 1.29 is 4.39 Å². The molecule has 1 heterocycles. The van der Waals surface area contributed by atoms with Crippen molar-refractivity contribution in [3.05, 3.63) is 20.5 Å². The van der Waals surface area contributed by atoms with Gasteiger partial charge in [0.15, 0.2) is 5.13 Å². The number of rotatable bonds is 5. The van der Waals surface area contributed by atoms with Crippen LogP contribution in [0.25, 0.3) is 0 Å². The van der Waals surface area contributed by atoms with Gasteiger partial charge < -0.3 is 0 Å². The minimum absolute atomic E-state index is 0.0858. The van der Waals surface area contributed by atoms with Crippen LogP contribution in [0, 0.1) is 5.13 Å². The van der Waals surface area contributed by atoms with Crippen LogP contribution in [0.1, 0.15) is 38.2 Å². The Kier molecular flexibility index (Phi) is 4.96. The molecule has 0 fully saturated rings. The van der Waals surface area contributed by atoms with Crippen molar-refractivity contribution in [2.24, 2.45) is 0 Å².